The van der Waals surface area contributed by atoms with Crippen LogP contribution in [0.4, 0.5) is 0 Å². The van der Waals surface area contributed by atoms with Gasteiger partial charge in [0.05, 0.1) is 29.4 Å². The quantitative estimate of drug-likeness (QED) is 0.337. The fraction of sp³-hybridized carbons (Fsp3) is 0. The van der Waals surface area contributed by atoms with Crippen molar-refractivity contribution in [3.63, 3.8) is 0 Å². The Hall–Kier alpha value is -4.28. The molecule has 7 aromatic rings. The molecule has 0 spiro atoms. The third kappa shape index (κ3) is 2.68. The number of nitrogens with zero attached hydrogens (tertiary/aromatic N) is 1. The van der Waals surface area contributed by atoms with Crippen molar-refractivity contribution in [3.8, 4) is 5.69 Å². The Balaban J connectivity index is 1.42. The molecule has 0 saturated heterocycles. The summed E-state index contributed by atoms with van der Waals surface area (Å²) in [5.74, 6) is 0. The molecule has 5 heterocycles. The molecule has 38 heavy (non-hydrogen) atoms. The topological polar surface area (TPSA) is 31.2 Å². The maximum atomic E-state index is 6.10. The fourth-order valence-corrected chi connectivity index (χ4v) is 7.82. The SMILES string of the molecule is c1coc(B2c3ccccc3Sc3cc4c(cc32)-n2c3ccccc3c3cccc(c32)B4c2ccco2)c1. The molecule has 6 heteroatoms. The Bertz CT molecular complexity index is 2020. The van der Waals surface area contributed by atoms with E-state index in [4.69, 9.17) is 8.83 Å². The molecule has 4 aromatic carbocycles. The van der Waals surface area contributed by atoms with E-state index >= 15 is 0 Å². The van der Waals surface area contributed by atoms with E-state index in [0.717, 1.165) is 11.3 Å². The first kappa shape index (κ1) is 20.7. The summed E-state index contributed by atoms with van der Waals surface area (Å²) in [5, 5.41) is 2.55. The summed E-state index contributed by atoms with van der Waals surface area (Å²) < 4.78 is 14.6. The highest BCUT2D eigenvalue weighted by Gasteiger charge is 2.39. The highest BCUT2D eigenvalue weighted by molar-refractivity contribution is 8.00. The number of rotatable bonds is 2. The lowest BCUT2D eigenvalue weighted by Gasteiger charge is -2.30. The number of fused-ring (bicyclic) bond motifs is 7. The fourth-order valence-electron chi connectivity index (χ4n) is 6.66. The van der Waals surface area contributed by atoms with Gasteiger partial charge in [-0.3, -0.25) is 0 Å². The second-order valence-corrected chi connectivity index (χ2v) is 11.2. The van der Waals surface area contributed by atoms with Gasteiger partial charge in [-0.15, -0.1) is 0 Å². The smallest absolute Gasteiger partial charge is 0.291 e. The number of furan rings is 2. The van der Waals surface area contributed by atoms with Crippen LogP contribution in [0.5, 0.6) is 0 Å². The zero-order chi connectivity index (χ0) is 24.8. The molecule has 0 atom stereocenters. The summed E-state index contributed by atoms with van der Waals surface area (Å²) in [7, 11) is 0. The molecule has 9 rings (SSSR count). The van der Waals surface area contributed by atoms with Gasteiger partial charge >= 0.3 is 0 Å². The van der Waals surface area contributed by atoms with Crippen molar-refractivity contribution >= 4 is 80.2 Å². The minimum absolute atomic E-state index is 0.0191. The highest BCUT2D eigenvalue weighted by atomic mass is 32.2. The van der Waals surface area contributed by atoms with Crippen LogP contribution in [0.15, 0.2) is 134 Å². The summed E-state index contributed by atoms with van der Waals surface area (Å²) in [6.45, 7) is 0.0601. The first-order chi connectivity index (χ1) is 18.9. The van der Waals surface area contributed by atoms with Crippen molar-refractivity contribution in [2.24, 2.45) is 0 Å². The van der Waals surface area contributed by atoms with E-state index < -0.39 is 0 Å². The monoisotopic (exact) mass is 503 g/mol. The summed E-state index contributed by atoms with van der Waals surface area (Å²) >= 11 is 1.85. The molecule has 0 radical (unpaired) electrons. The maximum absolute atomic E-state index is 6.10. The number of para-hydroxylation sites is 2. The molecule has 3 nitrogen and oxygen atoms in total. The molecular weight excluding hydrogens is 484 g/mol. The van der Waals surface area contributed by atoms with E-state index in [9.17, 15) is 0 Å². The lowest BCUT2D eigenvalue weighted by Crippen LogP contribution is -2.59. The molecule has 0 amide bonds. The summed E-state index contributed by atoms with van der Waals surface area (Å²) in [6.07, 6.45) is 3.57. The number of hydrogen-bond acceptors (Lipinski definition) is 3. The van der Waals surface area contributed by atoms with Gasteiger partial charge in [-0.25, -0.2) is 0 Å². The van der Waals surface area contributed by atoms with Crippen molar-refractivity contribution in [2.45, 2.75) is 9.79 Å². The first-order valence-corrected chi connectivity index (χ1v) is 13.7. The van der Waals surface area contributed by atoms with E-state index in [1.165, 1.54) is 59.1 Å². The van der Waals surface area contributed by atoms with E-state index in [1.807, 2.05) is 23.9 Å². The normalized spacial score (nSPS) is 13.6. The van der Waals surface area contributed by atoms with E-state index in [2.05, 4.69) is 95.6 Å². The van der Waals surface area contributed by atoms with Crippen molar-refractivity contribution in [1.29, 1.82) is 0 Å². The van der Waals surface area contributed by atoms with Gasteiger partial charge in [0.1, 0.15) is 0 Å². The lowest BCUT2D eigenvalue weighted by molar-refractivity contribution is 0.600. The van der Waals surface area contributed by atoms with Gasteiger partial charge in [-0.2, -0.15) is 0 Å². The van der Waals surface area contributed by atoms with E-state index in [1.54, 1.807) is 12.5 Å². The van der Waals surface area contributed by atoms with Crippen LogP contribution < -0.4 is 33.2 Å². The Morgan fingerprint density at radius 2 is 1.26 bits per heavy atom. The predicted molar refractivity (Wildman–Crippen MR) is 158 cm³/mol. The summed E-state index contributed by atoms with van der Waals surface area (Å²) in [5.41, 5.74) is 10.8. The Labute approximate surface area is 224 Å². The number of hydrogen-bond donors (Lipinski definition) is 0. The van der Waals surface area contributed by atoms with Gasteiger partial charge in [0.25, 0.3) is 13.4 Å². The largest absolute Gasteiger partial charge is 0.479 e. The second kappa shape index (κ2) is 7.62. The van der Waals surface area contributed by atoms with Crippen LogP contribution in [0.3, 0.4) is 0 Å². The van der Waals surface area contributed by atoms with Crippen molar-refractivity contribution in [3.05, 3.63) is 116 Å². The third-order valence-electron chi connectivity index (χ3n) is 8.16. The molecule has 0 N–H and O–H groups in total. The molecule has 0 saturated carbocycles. The minimum Gasteiger partial charge on any atom is -0.479 e. The molecule has 176 valence electrons. The van der Waals surface area contributed by atoms with Crippen molar-refractivity contribution in [2.75, 3.05) is 0 Å². The lowest BCUT2D eigenvalue weighted by atomic mass is 9.35. The summed E-state index contributed by atoms with van der Waals surface area (Å²) in [4.78, 5) is 2.55. The van der Waals surface area contributed by atoms with Crippen LogP contribution in [0.2, 0.25) is 0 Å². The Morgan fingerprint density at radius 1 is 0.553 bits per heavy atom. The average molecular weight is 503 g/mol. The Morgan fingerprint density at radius 3 is 2.08 bits per heavy atom. The molecule has 2 aliphatic heterocycles. The second-order valence-electron chi connectivity index (χ2n) is 10.1. The molecule has 3 aromatic heterocycles. The van der Waals surface area contributed by atoms with E-state index in [0.29, 0.717) is 0 Å². The van der Waals surface area contributed by atoms with Gasteiger partial charge in [0.15, 0.2) is 0 Å². The predicted octanol–water partition coefficient (Wildman–Crippen LogP) is 3.78. The van der Waals surface area contributed by atoms with E-state index in [-0.39, 0.29) is 13.4 Å². The Kier molecular flexibility index (Phi) is 4.16. The number of benzene rings is 4. The van der Waals surface area contributed by atoms with Gasteiger partial charge in [-0.05, 0) is 58.9 Å². The van der Waals surface area contributed by atoms with Gasteiger partial charge < -0.3 is 13.4 Å². The van der Waals surface area contributed by atoms with Crippen LogP contribution >= 0.6 is 11.8 Å². The molecule has 0 unspecified atom stereocenters. The first-order valence-electron chi connectivity index (χ1n) is 12.9. The van der Waals surface area contributed by atoms with Crippen LogP contribution in [0.25, 0.3) is 27.5 Å². The molecule has 2 aliphatic rings. The van der Waals surface area contributed by atoms with Crippen LogP contribution in [0, 0.1) is 0 Å². The molecule has 0 fully saturated rings. The van der Waals surface area contributed by atoms with Crippen LogP contribution in [-0.2, 0) is 0 Å². The maximum Gasteiger partial charge on any atom is 0.291 e. The highest BCUT2D eigenvalue weighted by Crippen LogP contribution is 2.35. The standard InChI is InChI=1S/C32H19B2NO2S/c1-3-12-26-20(8-1)21-9-5-11-23-32(21)35(26)27-18-25-29(19-24(27)34(23)31-15-7-17-37-31)38-28-13-4-2-10-22(28)33(25)30-14-6-16-36-30/h1-19H. The van der Waals surface area contributed by atoms with Crippen molar-refractivity contribution in [1.82, 2.24) is 4.57 Å². The van der Waals surface area contributed by atoms with Crippen LogP contribution in [0.1, 0.15) is 0 Å². The zero-order valence-electron chi connectivity index (χ0n) is 20.3. The minimum atomic E-state index is 0.0191. The third-order valence-corrected chi connectivity index (χ3v) is 9.33. The average Bonchev–Trinajstić information content (AvgIpc) is 3.73. The van der Waals surface area contributed by atoms with Crippen LogP contribution in [-0.4, -0.2) is 18.0 Å². The zero-order valence-corrected chi connectivity index (χ0v) is 21.1. The number of aromatic nitrogens is 1. The molecule has 0 aliphatic carbocycles. The van der Waals surface area contributed by atoms with Gasteiger partial charge in [0.2, 0.25) is 0 Å². The van der Waals surface area contributed by atoms with Gasteiger partial charge in [0, 0.05) is 31.8 Å². The van der Waals surface area contributed by atoms with Gasteiger partial charge in [-0.1, -0.05) is 77.9 Å². The van der Waals surface area contributed by atoms with Crippen molar-refractivity contribution < 1.29 is 8.83 Å². The summed E-state index contributed by atoms with van der Waals surface area (Å²) in [6, 6.07) is 37.2. The molecule has 0 bridgehead atoms. The molecular formula is C32H19B2NO2S.